The number of carbonyl (C=O) groups is 2. The molecule has 0 radical (unpaired) electrons. The highest BCUT2D eigenvalue weighted by atomic mass is 16.4. The van der Waals surface area contributed by atoms with Crippen LogP contribution in [0.5, 0.6) is 0 Å². The van der Waals surface area contributed by atoms with Gasteiger partial charge in [-0.1, -0.05) is 26.7 Å². The van der Waals surface area contributed by atoms with Crippen LogP contribution in [0.2, 0.25) is 0 Å². The second-order valence-electron chi connectivity index (χ2n) is 7.21. The second-order valence-corrected chi connectivity index (χ2v) is 7.21. The van der Waals surface area contributed by atoms with Gasteiger partial charge >= 0.3 is 12.0 Å². The van der Waals surface area contributed by atoms with Gasteiger partial charge in [0.1, 0.15) is 0 Å². The van der Waals surface area contributed by atoms with Crippen molar-refractivity contribution >= 4 is 12.0 Å². The van der Waals surface area contributed by atoms with Gasteiger partial charge in [-0.2, -0.15) is 0 Å². The third-order valence-corrected chi connectivity index (χ3v) is 5.53. The molecule has 0 aliphatic heterocycles. The van der Waals surface area contributed by atoms with E-state index in [4.69, 9.17) is 5.11 Å². The molecule has 0 bridgehead atoms. The van der Waals surface area contributed by atoms with E-state index in [1.54, 1.807) is 0 Å². The summed E-state index contributed by atoms with van der Waals surface area (Å²) in [6, 6.07) is 0.378. The first-order chi connectivity index (χ1) is 11.0. The number of hydrogen-bond acceptors (Lipinski definition) is 3. The number of carboxylic acids is 1. The Morgan fingerprint density at radius 1 is 1.26 bits per heavy atom. The van der Waals surface area contributed by atoms with Crippen molar-refractivity contribution in [3.63, 3.8) is 0 Å². The Balaban J connectivity index is 1.65. The minimum Gasteiger partial charge on any atom is -0.480 e. The number of aliphatic carboxylic acids is 1. The average Bonchev–Trinajstić information content (AvgIpc) is 2.42. The SMILES string of the molecule is CCCC1(CNC(=O)NC2CC(N(CC)CC(=O)O)C2)CCC1. The van der Waals surface area contributed by atoms with Crippen molar-refractivity contribution in [2.24, 2.45) is 5.41 Å². The van der Waals surface area contributed by atoms with Crippen molar-refractivity contribution in [2.45, 2.75) is 70.9 Å². The van der Waals surface area contributed by atoms with E-state index in [-0.39, 0.29) is 24.7 Å². The lowest BCUT2D eigenvalue weighted by Crippen LogP contribution is -2.57. The molecule has 2 saturated carbocycles. The summed E-state index contributed by atoms with van der Waals surface area (Å²) >= 11 is 0. The molecule has 0 heterocycles. The van der Waals surface area contributed by atoms with Crippen LogP contribution in [-0.4, -0.2) is 53.7 Å². The number of hydrogen-bond donors (Lipinski definition) is 3. The van der Waals surface area contributed by atoms with Gasteiger partial charge in [-0.25, -0.2) is 4.79 Å². The molecule has 2 fully saturated rings. The maximum absolute atomic E-state index is 12.0. The molecule has 0 saturated heterocycles. The van der Waals surface area contributed by atoms with Crippen molar-refractivity contribution in [3.05, 3.63) is 0 Å². The van der Waals surface area contributed by atoms with Crippen LogP contribution >= 0.6 is 0 Å². The summed E-state index contributed by atoms with van der Waals surface area (Å²) in [6.45, 7) is 5.77. The average molecular weight is 325 g/mol. The molecular formula is C17H31N3O3. The van der Waals surface area contributed by atoms with Crippen molar-refractivity contribution in [1.29, 1.82) is 0 Å². The largest absolute Gasteiger partial charge is 0.480 e. The van der Waals surface area contributed by atoms with Crippen LogP contribution in [0.1, 0.15) is 58.8 Å². The van der Waals surface area contributed by atoms with Crippen molar-refractivity contribution in [1.82, 2.24) is 15.5 Å². The Kier molecular flexibility index (Phi) is 6.27. The predicted octanol–water partition coefficient (Wildman–Crippen LogP) is 2.19. The molecule has 2 aliphatic rings. The van der Waals surface area contributed by atoms with Crippen molar-refractivity contribution in [3.8, 4) is 0 Å². The maximum atomic E-state index is 12.0. The monoisotopic (exact) mass is 325 g/mol. The smallest absolute Gasteiger partial charge is 0.317 e. The molecule has 2 aliphatic carbocycles. The van der Waals surface area contributed by atoms with Crippen LogP contribution in [0.4, 0.5) is 4.79 Å². The van der Waals surface area contributed by atoms with E-state index in [0.29, 0.717) is 5.41 Å². The standard InChI is InChI=1S/C17H31N3O3/c1-3-6-17(7-5-8-17)12-18-16(23)19-13-9-14(10-13)20(4-2)11-15(21)22/h13-14H,3-12H2,1-2H3,(H,21,22)(H2,18,19,23). The second kappa shape index (κ2) is 7.99. The van der Waals surface area contributed by atoms with Gasteiger partial charge in [0.15, 0.2) is 0 Å². The summed E-state index contributed by atoms with van der Waals surface area (Å²) in [4.78, 5) is 24.8. The first-order valence-electron chi connectivity index (χ1n) is 8.98. The van der Waals surface area contributed by atoms with Gasteiger partial charge in [0.25, 0.3) is 0 Å². The van der Waals surface area contributed by atoms with E-state index in [1.165, 1.54) is 32.1 Å². The molecule has 6 nitrogen and oxygen atoms in total. The highest BCUT2D eigenvalue weighted by Crippen LogP contribution is 2.44. The van der Waals surface area contributed by atoms with Gasteiger partial charge in [0.2, 0.25) is 0 Å². The van der Waals surface area contributed by atoms with E-state index >= 15 is 0 Å². The fourth-order valence-corrected chi connectivity index (χ4v) is 3.90. The zero-order valence-electron chi connectivity index (χ0n) is 14.4. The van der Waals surface area contributed by atoms with E-state index in [0.717, 1.165) is 25.9 Å². The van der Waals surface area contributed by atoms with E-state index in [1.807, 2.05) is 11.8 Å². The fourth-order valence-electron chi connectivity index (χ4n) is 3.90. The quantitative estimate of drug-likeness (QED) is 0.607. The molecule has 0 aromatic heterocycles. The molecule has 23 heavy (non-hydrogen) atoms. The minimum atomic E-state index is -0.789. The number of amides is 2. The van der Waals surface area contributed by atoms with Crippen LogP contribution in [0.25, 0.3) is 0 Å². The molecule has 3 N–H and O–H groups in total. The van der Waals surface area contributed by atoms with Crippen LogP contribution in [-0.2, 0) is 4.79 Å². The van der Waals surface area contributed by atoms with Crippen LogP contribution in [0.15, 0.2) is 0 Å². The highest BCUT2D eigenvalue weighted by molar-refractivity contribution is 5.74. The Hall–Kier alpha value is -1.30. The fraction of sp³-hybridized carbons (Fsp3) is 0.882. The van der Waals surface area contributed by atoms with Gasteiger partial charge in [0.05, 0.1) is 6.54 Å². The molecular weight excluding hydrogens is 294 g/mol. The number of likely N-dealkylation sites (N-methyl/N-ethyl adjacent to an activating group) is 1. The van der Waals surface area contributed by atoms with Crippen molar-refractivity contribution < 1.29 is 14.7 Å². The Bertz CT molecular complexity index is 417. The lowest BCUT2D eigenvalue weighted by atomic mass is 9.66. The van der Waals surface area contributed by atoms with E-state index in [2.05, 4.69) is 17.6 Å². The number of nitrogens with zero attached hydrogens (tertiary/aromatic N) is 1. The minimum absolute atomic E-state index is 0.0721. The third-order valence-electron chi connectivity index (χ3n) is 5.53. The van der Waals surface area contributed by atoms with Gasteiger partial charge in [0, 0.05) is 18.6 Å². The molecule has 6 heteroatoms. The summed E-state index contributed by atoms with van der Waals surface area (Å²) in [7, 11) is 0. The van der Waals surface area contributed by atoms with Gasteiger partial charge in [-0.05, 0) is 44.1 Å². The molecule has 0 aromatic rings. The van der Waals surface area contributed by atoms with Crippen LogP contribution in [0, 0.1) is 5.41 Å². The highest BCUT2D eigenvalue weighted by Gasteiger charge is 2.37. The molecule has 132 valence electrons. The van der Waals surface area contributed by atoms with Crippen LogP contribution in [0.3, 0.4) is 0 Å². The van der Waals surface area contributed by atoms with Crippen molar-refractivity contribution in [2.75, 3.05) is 19.6 Å². The molecule has 0 spiro atoms. The first-order valence-corrected chi connectivity index (χ1v) is 8.98. The zero-order valence-corrected chi connectivity index (χ0v) is 14.4. The Labute approximate surface area is 139 Å². The lowest BCUT2D eigenvalue weighted by molar-refractivity contribution is -0.139. The molecule has 0 unspecified atom stereocenters. The van der Waals surface area contributed by atoms with Crippen LogP contribution < -0.4 is 10.6 Å². The predicted molar refractivity (Wildman–Crippen MR) is 89.4 cm³/mol. The zero-order chi connectivity index (χ0) is 16.9. The third kappa shape index (κ3) is 4.83. The summed E-state index contributed by atoms with van der Waals surface area (Å²) in [5.74, 6) is -0.789. The molecule has 2 rings (SSSR count). The Morgan fingerprint density at radius 2 is 1.96 bits per heavy atom. The summed E-state index contributed by atoms with van der Waals surface area (Å²) in [6.07, 6.45) is 7.79. The summed E-state index contributed by atoms with van der Waals surface area (Å²) < 4.78 is 0. The summed E-state index contributed by atoms with van der Waals surface area (Å²) in [5.41, 5.74) is 0.342. The Morgan fingerprint density at radius 3 is 2.43 bits per heavy atom. The number of carbonyl (C=O) groups excluding carboxylic acids is 1. The van der Waals surface area contributed by atoms with Gasteiger partial charge in [-0.3, -0.25) is 9.69 Å². The molecule has 0 aromatic carbocycles. The van der Waals surface area contributed by atoms with Gasteiger partial charge < -0.3 is 15.7 Å². The summed E-state index contributed by atoms with van der Waals surface area (Å²) in [5, 5.41) is 15.0. The lowest BCUT2D eigenvalue weighted by Gasteiger charge is -2.43. The first kappa shape index (κ1) is 18.0. The number of urea groups is 1. The topological polar surface area (TPSA) is 81.7 Å². The molecule has 2 amide bonds. The number of carboxylic acid groups (broad SMARTS) is 1. The normalized spacial score (nSPS) is 25.3. The van der Waals surface area contributed by atoms with Gasteiger partial charge in [-0.15, -0.1) is 0 Å². The number of nitrogens with one attached hydrogen (secondary N) is 2. The van der Waals surface area contributed by atoms with E-state index < -0.39 is 5.97 Å². The number of rotatable bonds is 9. The maximum Gasteiger partial charge on any atom is 0.317 e. The van der Waals surface area contributed by atoms with E-state index in [9.17, 15) is 9.59 Å². The molecule has 0 atom stereocenters.